The van der Waals surface area contributed by atoms with Gasteiger partial charge in [0.05, 0.1) is 18.1 Å². The first kappa shape index (κ1) is 15.1. The molecule has 1 aromatic heterocycles. The van der Waals surface area contributed by atoms with E-state index in [9.17, 15) is 0 Å². The summed E-state index contributed by atoms with van der Waals surface area (Å²) in [7, 11) is 1.99. The van der Waals surface area contributed by atoms with Crippen molar-refractivity contribution < 1.29 is 4.74 Å². The Morgan fingerprint density at radius 1 is 1.14 bits per heavy atom. The minimum Gasteiger partial charge on any atom is -0.490 e. The van der Waals surface area contributed by atoms with E-state index in [1.165, 1.54) is 37.7 Å². The zero-order valence-electron chi connectivity index (χ0n) is 13.3. The number of hydrogen-bond acceptors (Lipinski definition) is 3. The van der Waals surface area contributed by atoms with Crippen LogP contribution in [0.25, 0.3) is 0 Å². The smallest absolute Gasteiger partial charge is 0.119 e. The van der Waals surface area contributed by atoms with Crippen molar-refractivity contribution in [1.29, 1.82) is 0 Å². The zero-order chi connectivity index (χ0) is 15.2. The van der Waals surface area contributed by atoms with Gasteiger partial charge in [0.15, 0.2) is 0 Å². The van der Waals surface area contributed by atoms with Gasteiger partial charge in [0, 0.05) is 26.3 Å². The molecule has 0 atom stereocenters. The Morgan fingerprint density at radius 3 is 2.59 bits per heavy atom. The Morgan fingerprint density at radius 2 is 1.91 bits per heavy atom. The molecule has 1 aliphatic rings. The van der Waals surface area contributed by atoms with Crippen LogP contribution in [0.1, 0.15) is 43.4 Å². The highest BCUT2D eigenvalue weighted by Crippen LogP contribution is 2.23. The van der Waals surface area contributed by atoms with Crippen LogP contribution in [0.15, 0.2) is 36.8 Å². The Hall–Kier alpha value is -1.81. The van der Waals surface area contributed by atoms with Crippen molar-refractivity contribution in [3.05, 3.63) is 48.0 Å². The van der Waals surface area contributed by atoms with Gasteiger partial charge in [0.25, 0.3) is 0 Å². The average molecular weight is 299 g/mol. The molecule has 4 nitrogen and oxygen atoms in total. The lowest BCUT2D eigenvalue weighted by Gasteiger charge is -2.23. The topological polar surface area (TPSA) is 39.1 Å². The van der Waals surface area contributed by atoms with Crippen molar-refractivity contribution >= 4 is 0 Å². The number of nitrogens with one attached hydrogen (secondary N) is 1. The number of imidazole rings is 1. The van der Waals surface area contributed by atoms with E-state index < -0.39 is 0 Å². The van der Waals surface area contributed by atoms with Crippen molar-refractivity contribution in [2.75, 3.05) is 0 Å². The molecule has 1 aliphatic carbocycles. The quantitative estimate of drug-likeness (QED) is 0.888. The minimum absolute atomic E-state index is 0.418. The molecule has 2 aromatic rings. The molecule has 0 saturated heterocycles. The Bertz CT molecular complexity index is 570. The molecule has 0 unspecified atom stereocenters. The second kappa shape index (κ2) is 7.45. The van der Waals surface area contributed by atoms with Crippen LogP contribution < -0.4 is 10.1 Å². The van der Waals surface area contributed by atoms with Crippen LogP contribution in [0, 0.1) is 0 Å². The highest BCUT2D eigenvalue weighted by Gasteiger charge is 2.14. The van der Waals surface area contributed by atoms with Gasteiger partial charge in [0.1, 0.15) is 5.75 Å². The maximum Gasteiger partial charge on any atom is 0.119 e. The van der Waals surface area contributed by atoms with Crippen LogP contribution in [-0.4, -0.2) is 15.7 Å². The van der Waals surface area contributed by atoms with Crippen molar-refractivity contribution in [2.24, 2.45) is 7.05 Å². The van der Waals surface area contributed by atoms with Gasteiger partial charge in [-0.05, 0) is 43.4 Å². The molecule has 118 valence electrons. The van der Waals surface area contributed by atoms with Crippen molar-refractivity contribution in [1.82, 2.24) is 14.9 Å². The Kier molecular flexibility index (Phi) is 5.11. The molecular formula is C18H25N3O. The van der Waals surface area contributed by atoms with Gasteiger partial charge in [0.2, 0.25) is 0 Å². The fourth-order valence-electron chi connectivity index (χ4n) is 2.95. The maximum absolute atomic E-state index is 6.05. The van der Waals surface area contributed by atoms with Gasteiger partial charge in [-0.3, -0.25) is 0 Å². The van der Waals surface area contributed by atoms with E-state index in [0.29, 0.717) is 6.10 Å². The molecule has 0 aliphatic heterocycles. The fraction of sp³-hybridized carbons (Fsp3) is 0.500. The van der Waals surface area contributed by atoms with E-state index >= 15 is 0 Å². The normalized spacial score (nSPS) is 15.9. The monoisotopic (exact) mass is 299 g/mol. The third-order valence-corrected chi connectivity index (χ3v) is 4.17. The number of rotatable bonds is 6. The molecule has 1 aromatic carbocycles. The van der Waals surface area contributed by atoms with Gasteiger partial charge in [-0.25, -0.2) is 4.98 Å². The summed E-state index contributed by atoms with van der Waals surface area (Å²) in [5.41, 5.74) is 2.34. The van der Waals surface area contributed by atoms with E-state index in [1.807, 2.05) is 24.1 Å². The summed E-state index contributed by atoms with van der Waals surface area (Å²) in [6, 6.07) is 8.46. The molecule has 1 fully saturated rings. The third kappa shape index (κ3) is 4.34. The molecule has 22 heavy (non-hydrogen) atoms. The predicted octanol–water partition coefficient (Wildman–Crippen LogP) is 3.42. The Labute approximate surface area is 132 Å². The van der Waals surface area contributed by atoms with Crippen LogP contribution >= 0.6 is 0 Å². The van der Waals surface area contributed by atoms with E-state index in [1.54, 1.807) is 0 Å². The van der Waals surface area contributed by atoms with Gasteiger partial charge in [-0.1, -0.05) is 18.6 Å². The number of aromatic nitrogens is 2. The molecule has 1 heterocycles. The van der Waals surface area contributed by atoms with E-state index in [-0.39, 0.29) is 0 Å². The lowest BCUT2D eigenvalue weighted by atomic mass is 9.98. The lowest BCUT2D eigenvalue weighted by molar-refractivity contribution is 0.155. The molecule has 0 bridgehead atoms. The number of ether oxygens (including phenoxy) is 1. The van der Waals surface area contributed by atoms with Crippen molar-refractivity contribution in [2.45, 2.75) is 51.3 Å². The molecular weight excluding hydrogens is 274 g/mol. The molecule has 1 saturated carbocycles. The van der Waals surface area contributed by atoms with Crippen LogP contribution in [0.3, 0.4) is 0 Å². The first-order valence-corrected chi connectivity index (χ1v) is 8.23. The second-order valence-electron chi connectivity index (χ2n) is 6.16. The summed E-state index contributed by atoms with van der Waals surface area (Å²) < 4.78 is 8.02. The fourth-order valence-corrected chi connectivity index (χ4v) is 2.95. The summed E-state index contributed by atoms with van der Waals surface area (Å²) in [6.45, 7) is 1.64. The summed E-state index contributed by atoms with van der Waals surface area (Å²) >= 11 is 0. The SMILES string of the molecule is Cn1cnc(CNCc2ccc(OC3CCCCC3)cc2)c1. The highest BCUT2D eigenvalue weighted by atomic mass is 16.5. The lowest BCUT2D eigenvalue weighted by Crippen LogP contribution is -2.19. The van der Waals surface area contributed by atoms with Gasteiger partial charge >= 0.3 is 0 Å². The molecule has 0 amide bonds. The summed E-state index contributed by atoms with van der Waals surface area (Å²) in [6.07, 6.45) is 10.7. The molecule has 3 rings (SSSR count). The number of benzene rings is 1. The second-order valence-corrected chi connectivity index (χ2v) is 6.16. The largest absolute Gasteiger partial charge is 0.490 e. The van der Waals surface area contributed by atoms with Crippen LogP contribution in [-0.2, 0) is 20.1 Å². The van der Waals surface area contributed by atoms with Crippen molar-refractivity contribution in [3.63, 3.8) is 0 Å². The van der Waals surface area contributed by atoms with Crippen LogP contribution in [0.5, 0.6) is 5.75 Å². The number of hydrogen-bond donors (Lipinski definition) is 1. The molecule has 0 radical (unpaired) electrons. The average Bonchev–Trinajstić information content (AvgIpc) is 2.96. The van der Waals surface area contributed by atoms with Gasteiger partial charge in [-0.2, -0.15) is 0 Å². The summed E-state index contributed by atoms with van der Waals surface area (Å²) in [4.78, 5) is 4.31. The van der Waals surface area contributed by atoms with Gasteiger partial charge < -0.3 is 14.6 Å². The third-order valence-electron chi connectivity index (χ3n) is 4.17. The molecule has 1 N–H and O–H groups in total. The van der Waals surface area contributed by atoms with Crippen LogP contribution in [0.4, 0.5) is 0 Å². The van der Waals surface area contributed by atoms with E-state index in [2.05, 4.69) is 34.6 Å². The number of aryl methyl sites for hydroxylation is 1. The highest BCUT2D eigenvalue weighted by molar-refractivity contribution is 5.27. The first-order valence-electron chi connectivity index (χ1n) is 8.23. The van der Waals surface area contributed by atoms with Crippen molar-refractivity contribution in [3.8, 4) is 5.75 Å². The summed E-state index contributed by atoms with van der Waals surface area (Å²) in [5.74, 6) is 1.00. The standard InChI is InChI=1S/C18H25N3O/c1-21-13-16(20-14-21)12-19-11-15-7-9-18(10-8-15)22-17-5-3-2-4-6-17/h7-10,13-14,17,19H,2-6,11-12H2,1H3. The van der Waals surface area contributed by atoms with E-state index in [4.69, 9.17) is 4.74 Å². The predicted molar refractivity (Wildman–Crippen MR) is 87.7 cm³/mol. The molecule has 0 spiro atoms. The van der Waals surface area contributed by atoms with E-state index in [0.717, 1.165) is 24.5 Å². The molecule has 4 heteroatoms. The van der Waals surface area contributed by atoms with Crippen LogP contribution in [0.2, 0.25) is 0 Å². The zero-order valence-corrected chi connectivity index (χ0v) is 13.3. The maximum atomic E-state index is 6.05. The Balaban J connectivity index is 1.44. The minimum atomic E-state index is 0.418. The van der Waals surface area contributed by atoms with Gasteiger partial charge in [-0.15, -0.1) is 0 Å². The summed E-state index contributed by atoms with van der Waals surface area (Å²) in [5, 5.41) is 3.42. The number of nitrogens with zero attached hydrogens (tertiary/aromatic N) is 2. The first-order chi connectivity index (χ1) is 10.8.